The minimum Gasteiger partial charge on any atom is -0.361 e. The zero-order valence-corrected chi connectivity index (χ0v) is 12.6. The first-order valence-electron chi connectivity index (χ1n) is 6.33. The second kappa shape index (κ2) is 5.51. The molecule has 1 N–H and O–H groups in total. The molecule has 3 nitrogen and oxygen atoms in total. The Bertz CT molecular complexity index is 747. The molecule has 0 fully saturated rings. The molecule has 1 heterocycles. The molecule has 0 spiro atoms. The number of hydrogen-bond donors (Lipinski definition) is 1. The van der Waals surface area contributed by atoms with Gasteiger partial charge in [-0.2, -0.15) is 5.10 Å². The van der Waals surface area contributed by atoms with Gasteiger partial charge in [0.05, 0.1) is 11.9 Å². The molecule has 0 unspecified atom stereocenters. The molecule has 3 rings (SSSR count). The summed E-state index contributed by atoms with van der Waals surface area (Å²) in [5.74, 6) is 0. The van der Waals surface area contributed by atoms with Crippen LogP contribution in [0.5, 0.6) is 0 Å². The predicted octanol–water partition coefficient (Wildman–Crippen LogP) is 4.40. The van der Waals surface area contributed by atoms with Crippen LogP contribution >= 0.6 is 15.9 Å². The first kappa shape index (κ1) is 12.9. The molecule has 0 aliphatic carbocycles. The molecular formula is C16H14BrN3. The van der Waals surface area contributed by atoms with E-state index < -0.39 is 0 Å². The number of H-pyrrole nitrogens is 1. The van der Waals surface area contributed by atoms with Crippen molar-refractivity contribution in [2.75, 3.05) is 12.1 Å². The maximum Gasteiger partial charge on any atom is 0.0590 e. The Morgan fingerprint density at radius 1 is 1.15 bits per heavy atom. The van der Waals surface area contributed by atoms with Crippen LogP contribution in [-0.4, -0.2) is 18.2 Å². The highest BCUT2D eigenvalue weighted by Gasteiger charge is 2.02. The second-order valence-electron chi connectivity index (χ2n) is 4.54. The number of fused-ring (bicyclic) bond motifs is 1. The number of nitrogens with one attached hydrogen (secondary N) is 1. The molecule has 0 aliphatic rings. The summed E-state index contributed by atoms with van der Waals surface area (Å²) < 4.78 is 1.07. The van der Waals surface area contributed by atoms with Crippen LogP contribution in [0, 0.1) is 0 Å². The summed E-state index contributed by atoms with van der Waals surface area (Å²) in [5.41, 5.74) is 3.24. The van der Waals surface area contributed by atoms with E-state index in [0.29, 0.717) is 0 Å². The molecule has 0 bridgehead atoms. The van der Waals surface area contributed by atoms with Crippen LogP contribution in [0.25, 0.3) is 10.9 Å². The lowest BCUT2D eigenvalue weighted by Crippen LogP contribution is -2.08. The number of anilines is 1. The van der Waals surface area contributed by atoms with E-state index in [1.54, 1.807) is 0 Å². The largest absolute Gasteiger partial charge is 0.361 e. The van der Waals surface area contributed by atoms with Gasteiger partial charge in [-0.3, -0.25) is 5.01 Å². The van der Waals surface area contributed by atoms with Gasteiger partial charge in [-0.1, -0.05) is 34.1 Å². The molecule has 0 atom stereocenters. The van der Waals surface area contributed by atoms with Crippen molar-refractivity contribution in [1.29, 1.82) is 0 Å². The lowest BCUT2D eigenvalue weighted by Gasteiger charge is -2.11. The zero-order chi connectivity index (χ0) is 13.9. The van der Waals surface area contributed by atoms with Crippen molar-refractivity contribution < 1.29 is 0 Å². The summed E-state index contributed by atoms with van der Waals surface area (Å²) in [6.07, 6.45) is 3.84. The van der Waals surface area contributed by atoms with Crippen molar-refractivity contribution >= 4 is 38.7 Å². The number of para-hydroxylation sites is 1. The Hall–Kier alpha value is -2.07. The number of nitrogens with zero attached hydrogens (tertiary/aromatic N) is 2. The van der Waals surface area contributed by atoms with Gasteiger partial charge in [0.1, 0.15) is 0 Å². The van der Waals surface area contributed by atoms with Crippen molar-refractivity contribution in [3.05, 3.63) is 64.8 Å². The fourth-order valence-electron chi connectivity index (χ4n) is 2.08. The molecule has 100 valence electrons. The van der Waals surface area contributed by atoms with Gasteiger partial charge >= 0.3 is 0 Å². The number of rotatable bonds is 3. The molecule has 1 aromatic heterocycles. The Kier molecular flexibility index (Phi) is 3.56. The van der Waals surface area contributed by atoms with Gasteiger partial charge in [0.25, 0.3) is 0 Å². The fraction of sp³-hybridized carbons (Fsp3) is 0.0625. The first-order chi connectivity index (χ1) is 9.74. The van der Waals surface area contributed by atoms with Gasteiger partial charge < -0.3 is 4.98 Å². The van der Waals surface area contributed by atoms with Crippen LogP contribution in [-0.2, 0) is 0 Å². The Labute approximate surface area is 126 Å². The SMILES string of the molecule is CN(/N=C/c1c[nH]c2ccc(Br)cc12)c1ccccc1. The van der Waals surface area contributed by atoms with Crippen LogP contribution in [0.15, 0.2) is 64.3 Å². The molecule has 0 radical (unpaired) electrons. The normalized spacial score (nSPS) is 11.3. The van der Waals surface area contributed by atoms with Crippen LogP contribution in [0.2, 0.25) is 0 Å². The molecule has 0 aliphatic heterocycles. The average molecular weight is 328 g/mol. The van der Waals surface area contributed by atoms with Crippen molar-refractivity contribution in [3.63, 3.8) is 0 Å². The number of hydrogen-bond acceptors (Lipinski definition) is 2. The van der Waals surface area contributed by atoms with Gasteiger partial charge in [-0.05, 0) is 30.3 Å². The Morgan fingerprint density at radius 2 is 1.95 bits per heavy atom. The first-order valence-corrected chi connectivity index (χ1v) is 7.13. The van der Waals surface area contributed by atoms with Gasteiger partial charge in [-0.25, -0.2) is 0 Å². The topological polar surface area (TPSA) is 31.4 Å². The van der Waals surface area contributed by atoms with Crippen molar-refractivity contribution in [2.24, 2.45) is 5.10 Å². The van der Waals surface area contributed by atoms with E-state index in [1.165, 1.54) is 0 Å². The maximum atomic E-state index is 4.49. The Morgan fingerprint density at radius 3 is 2.75 bits per heavy atom. The van der Waals surface area contributed by atoms with E-state index in [1.807, 2.05) is 60.9 Å². The van der Waals surface area contributed by atoms with Crippen molar-refractivity contribution in [1.82, 2.24) is 4.98 Å². The third-order valence-electron chi connectivity index (χ3n) is 3.18. The molecule has 3 aromatic rings. The summed E-state index contributed by atoms with van der Waals surface area (Å²) in [6.45, 7) is 0. The molecule has 4 heteroatoms. The number of aromatic nitrogens is 1. The predicted molar refractivity (Wildman–Crippen MR) is 88.4 cm³/mol. The monoisotopic (exact) mass is 327 g/mol. The summed E-state index contributed by atoms with van der Waals surface area (Å²) in [6, 6.07) is 16.2. The van der Waals surface area contributed by atoms with Crippen LogP contribution in [0.4, 0.5) is 5.69 Å². The number of benzene rings is 2. The van der Waals surface area contributed by atoms with Gasteiger partial charge in [-0.15, -0.1) is 0 Å². The lowest BCUT2D eigenvalue weighted by molar-refractivity contribution is 1.02. The number of aromatic amines is 1. The second-order valence-corrected chi connectivity index (χ2v) is 5.45. The van der Waals surface area contributed by atoms with Crippen LogP contribution < -0.4 is 5.01 Å². The molecule has 20 heavy (non-hydrogen) atoms. The van der Waals surface area contributed by atoms with Crippen molar-refractivity contribution in [2.45, 2.75) is 0 Å². The van der Waals surface area contributed by atoms with Crippen LogP contribution in [0.3, 0.4) is 0 Å². The number of hydrazone groups is 1. The molecule has 0 saturated heterocycles. The summed E-state index contributed by atoms with van der Waals surface area (Å²) in [7, 11) is 1.94. The quantitative estimate of drug-likeness (QED) is 0.561. The van der Waals surface area contributed by atoms with Gasteiger partial charge in [0.15, 0.2) is 0 Å². The highest BCUT2D eigenvalue weighted by atomic mass is 79.9. The third kappa shape index (κ3) is 2.60. The zero-order valence-electron chi connectivity index (χ0n) is 11.0. The smallest absolute Gasteiger partial charge is 0.0590 e. The van der Waals surface area contributed by atoms with E-state index in [9.17, 15) is 0 Å². The summed E-state index contributed by atoms with van der Waals surface area (Å²) in [5, 5.41) is 7.50. The highest BCUT2D eigenvalue weighted by molar-refractivity contribution is 9.10. The Balaban J connectivity index is 1.89. The van der Waals surface area contributed by atoms with Crippen molar-refractivity contribution in [3.8, 4) is 0 Å². The molecule has 0 saturated carbocycles. The maximum absolute atomic E-state index is 4.49. The lowest BCUT2D eigenvalue weighted by atomic mass is 10.2. The third-order valence-corrected chi connectivity index (χ3v) is 3.67. The van der Waals surface area contributed by atoms with E-state index in [-0.39, 0.29) is 0 Å². The molecular weight excluding hydrogens is 314 g/mol. The van der Waals surface area contributed by atoms with E-state index >= 15 is 0 Å². The van der Waals surface area contributed by atoms with E-state index in [0.717, 1.165) is 26.6 Å². The van der Waals surface area contributed by atoms with E-state index in [4.69, 9.17) is 0 Å². The minimum absolute atomic E-state index is 1.06. The molecule has 0 amide bonds. The van der Waals surface area contributed by atoms with Gasteiger partial charge in [0.2, 0.25) is 0 Å². The average Bonchev–Trinajstić information content (AvgIpc) is 2.88. The molecule has 2 aromatic carbocycles. The summed E-state index contributed by atoms with van der Waals surface area (Å²) >= 11 is 3.50. The van der Waals surface area contributed by atoms with Crippen LogP contribution in [0.1, 0.15) is 5.56 Å². The number of halogens is 1. The fourth-order valence-corrected chi connectivity index (χ4v) is 2.44. The van der Waals surface area contributed by atoms with E-state index in [2.05, 4.69) is 38.1 Å². The van der Waals surface area contributed by atoms with Gasteiger partial charge in [0, 0.05) is 34.2 Å². The summed E-state index contributed by atoms with van der Waals surface area (Å²) in [4.78, 5) is 3.25. The standard InChI is InChI=1S/C16H14BrN3/c1-20(14-5-3-2-4-6-14)19-11-12-10-18-16-8-7-13(17)9-15(12)16/h2-11,18H,1H3/b19-11+. The highest BCUT2D eigenvalue weighted by Crippen LogP contribution is 2.22. The minimum atomic E-state index is 1.06.